The lowest BCUT2D eigenvalue weighted by Gasteiger charge is -2.35. The second-order valence-electron chi connectivity index (χ2n) is 4.03. The van der Waals surface area contributed by atoms with Gasteiger partial charge in [0, 0.05) is 25.6 Å². The Balaban J connectivity index is 2.33. The molecule has 76 valence electrons. The van der Waals surface area contributed by atoms with Crippen LogP contribution < -0.4 is 0 Å². The maximum Gasteiger partial charge on any atom is 0.131 e. The zero-order valence-electron chi connectivity index (χ0n) is 8.49. The Hall–Kier alpha value is -0.410. The van der Waals surface area contributed by atoms with Crippen molar-refractivity contribution < 1.29 is 9.90 Å². The first-order valence-corrected chi connectivity index (χ1v) is 5.01. The summed E-state index contributed by atoms with van der Waals surface area (Å²) < 4.78 is 0. The highest BCUT2D eigenvalue weighted by atomic mass is 16.3. The average Bonchev–Trinajstić information content (AvgIpc) is 2.06. The highest BCUT2D eigenvalue weighted by Gasteiger charge is 2.23. The lowest BCUT2D eigenvalue weighted by Crippen LogP contribution is -2.44. The van der Waals surface area contributed by atoms with Gasteiger partial charge < -0.3 is 5.11 Å². The molecule has 13 heavy (non-hydrogen) atoms. The van der Waals surface area contributed by atoms with Crippen molar-refractivity contribution in [1.29, 1.82) is 0 Å². The van der Waals surface area contributed by atoms with Crippen molar-refractivity contribution in [2.24, 2.45) is 0 Å². The predicted molar refractivity (Wildman–Crippen MR) is 51.6 cm³/mol. The van der Waals surface area contributed by atoms with Crippen LogP contribution in [-0.2, 0) is 4.79 Å². The molecule has 3 heteroatoms. The van der Waals surface area contributed by atoms with Crippen LogP contribution in [0.25, 0.3) is 0 Å². The molecule has 1 aliphatic rings. The second kappa shape index (κ2) is 4.72. The van der Waals surface area contributed by atoms with Crippen molar-refractivity contribution in [3.8, 4) is 0 Å². The van der Waals surface area contributed by atoms with Gasteiger partial charge in [0.2, 0.25) is 0 Å². The molecule has 0 aromatic heterocycles. The van der Waals surface area contributed by atoms with Crippen LogP contribution in [0.1, 0.15) is 33.1 Å². The minimum Gasteiger partial charge on any atom is -0.392 e. The molecule has 1 N–H and O–H groups in total. The Kier molecular flexibility index (Phi) is 3.88. The minimum absolute atomic E-state index is 0.192. The third-order valence-electron chi connectivity index (χ3n) is 2.74. The van der Waals surface area contributed by atoms with Gasteiger partial charge in [0.1, 0.15) is 5.78 Å². The van der Waals surface area contributed by atoms with Crippen molar-refractivity contribution in [3.63, 3.8) is 0 Å². The number of hydrogen-bond acceptors (Lipinski definition) is 3. The Labute approximate surface area is 79.7 Å². The van der Waals surface area contributed by atoms with Gasteiger partial charge in [0.05, 0.1) is 6.10 Å². The average molecular weight is 185 g/mol. The molecule has 0 spiro atoms. The minimum atomic E-state index is -0.192. The van der Waals surface area contributed by atoms with Gasteiger partial charge in [0.15, 0.2) is 0 Å². The van der Waals surface area contributed by atoms with Crippen LogP contribution in [0.4, 0.5) is 0 Å². The summed E-state index contributed by atoms with van der Waals surface area (Å²) in [4.78, 5) is 13.0. The topological polar surface area (TPSA) is 40.5 Å². The fraction of sp³-hybridized carbons (Fsp3) is 0.900. The maximum absolute atomic E-state index is 10.8. The van der Waals surface area contributed by atoms with E-state index < -0.39 is 0 Å². The Bertz CT molecular complexity index is 182. The van der Waals surface area contributed by atoms with Crippen molar-refractivity contribution in [2.45, 2.75) is 45.3 Å². The van der Waals surface area contributed by atoms with E-state index in [-0.39, 0.29) is 11.9 Å². The molecule has 0 bridgehead atoms. The normalized spacial score (nSPS) is 30.4. The molecular weight excluding hydrogens is 166 g/mol. The number of aliphatic hydroxyl groups excluding tert-OH is 1. The molecule has 1 fully saturated rings. The fourth-order valence-electron chi connectivity index (χ4n) is 1.77. The molecule has 3 nitrogen and oxygen atoms in total. The summed E-state index contributed by atoms with van der Waals surface area (Å²) in [5.74, 6) is 0.229. The molecule has 1 saturated heterocycles. The SMILES string of the molecule is CC(=O)CCN1CC(O)CCC1C. The molecule has 0 saturated carbocycles. The first-order chi connectivity index (χ1) is 6.09. The number of rotatable bonds is 3. The summed E-state index contributed by atoms with van der Waals surface area (Å²) in [6, 6.07) is 0.516. The summed E-state index contributed by atoms with van der Waals surface area (Å²) in [5.41, 5.74) is 0. The van der Waals surface area contributed by atoms with E-state index in [1.165, 1.54) is 0 Å². The predicted octanol–water partition coefficient (Wildman–Crippen LogP) is 0.811. The van der Waals surface area contributed by atoms with Crippen LogP contribution in [0.15, 0.2) is 0 Å². The standard InChI is InChI=1S/C10H19NO2/c1-8-3-4-10(13)7-11(8)6-5-9(2)12/h8,10,13H,3-7H2,1-2H3. The first kappa shape index (κ1) is 10.7. The quantitative estimate of drug-likeness (QED) is 0.707. The Morgan fingerprint density at radius 1 is 1.54 bits per heavy atom. The van der Waals surface area contributed by atoms with Crippen LogP contribution in [0.3, 0.4) is 0 Å². The number of carbonyl (C=O) groups is 1. The van der Waals surface area contributed by atoms with Gasteiger partial charge in [-0.3, -0.25) is 9.69 Å². The Morgan fingerprint density at radius 3 is 2.85 bits per heavy atom. The highest BCUT2D eigenvalue weighted by molar-refractivity contribution is 5.75. The van der Waals surface area contributed by atoms with Gasteiger partial charge in [-0.25, -0.2) is 0 Å². The molecular formula is C10H19NO2. The molecule has 0 amide bonds. The van der Waals surface area contributed by atoms with Crippen LogP contribution in [0.5, 0.6) is 0 Å². The van der Waals surface area contributed by atoms with Crippen molar-refractivity contribution in [3.05, 3.63) is 0 Å². The van der Waals surface area contributed by atoms with Crippen molar-refractivity contribution in [2.75, 3.05) is 13.1 Å². The molecule has 2 unspecified atom stereocenters. The number of likely N-dealkylation sites (tertiary alicyclic amines) is 1. The van der Waals surface area contributed by atoms with Crippen LogP contribution in [0, 0.1) is 0 Å². The molecule has 0 aliphatic carbocycles. The third kappa shape index (κ3) is 3.44. The van der Waals surface area contributed by atoms with Gasteiger partial charge in [-0.2, -0.15) is 0 Å². The molecule has 1 heterocycles. The summed E-state index contributed by atoms with van der Waals surface area (Å²) in [5, 5.41) is 9.44. The molecule has 0 radical (unpaired) electrons. The van der Waals surface area contributed by atoms with Crippen LogP contribution in [0.2, 0.25) is 0 Å². The second-order valence-corrected chi connectivity index (χ2v) is 4.03. The van der Waals surface area contributed by atoms with E-state index >= 15 is 0 Å². The molecule has 1 aliphatic heterocycles. The number of carbonyl (C=O) groups excluding carboxylic acids is 1. The van der Waals surface area contributed by atoms with Gasteiger partial charge in [-0.05, 0) is 26.7 Å². The van der Waals surface area contributed by atoms with Gasteiger partial charge in [0.25, 0.3) is 0 Å². The molecule has 1 rings (SSSR count). The smallest absolute Gasteiger partial charge is 0.131 e. The van der Waals surface area contributed by atoms with E-state index in [9.17, 15) is 9.90 Å². The summed E-state index contributed by atoms with van der Waals surface area (Å²) in [7, 11) is 0. The van der Waals surface area contributed by atoms with E-state index in [1.54, 1.807) is 6.92 Å². The number of nitrogens with zero attached hydrogens (tertiary/aromatic N) is 1. The zero-order chi connectivity index (χ0) is 9.84. The van der Waals surface area contributed by atoms with E-state index in [0.717, 1.165) is 25.9 Å². The lowest BCUT2D eigenvalue weighted by atomic mass is 10.0. The van der Waals surface area contributed by atoms with Crippen molar-refractivity contribution >= 4 is 5.78 Å². The lowest BCUT2D eigenvalue weighted by molar-refractivity contribution is -0.117. The van der Waals surface area contributed by atoms with Crippen LogP contribution >= 0.6 is 0 Å². The summed E-state index contributed by atoms with van der Waals surface area (Å²) in [6.07, 6.45) is 2.36. The van der Waals surface area contributed by atoms with Crippen LogP contribution in [-0.4, -0.2) is 41.0 Å². The number of hydrogen-bond donors (Lipinski definition) is 1. The van der Waals surface area contributed by atoms with E-state index in [4.69, 9.17) is 0 Å². The van der Waals surface area contributed by atoms with Gasteiger partial charge in [-0.15, -0.1) is 0 Å². The third-order valence-corrected chi connectivity index (χ3v) is 2.74. The van der Waals surface area contributed by atoms with E-state index in [1.807, 2.05) is 0 Å². The van der Waals surface area contributed by atoms with Crippen molar-refractivity contribution in [1.82, 2.24) is 4.90 Å². The Morgan fingerprint density at radius 2 is 2.23 bits per heavy atom. The number of aliphatic hydroxyl groups is 1. The molecule has 0 aromatic rings. The van der Waals surface area contributed by atoms with Gasteiger partial charge >= 0.3 is 0 Å². The van der Waals surface area contributed by atoms with E-state index in [0.29, 0.717) is 12.5 Å². The first-order valence-electron chi connectivity index (χ1n) is 5.01. The number of ketones is 1. The highest BCUT2D eigenvalue weighted by Crippen LogP contribution is 2.16. The molecule has 2 atom stereocenters. The van der Waals surface area contributed by atoms with Gasteiger partial charge in [-0.1, -0.05) is 0 Å². The van der Waals surface area contributed by atoms with E-state index in [2.05, 4.69) is 11.8 Å². The maximum atomic E-state index is 10.8. The monoisotopic (exact) mass is 185 g/mol. The number of Topliss-reactive ketones (excluding diaryl/α,β-unsaturated/α-hetero) is 1. The zero-order valence-corrected chi connectivity index (χ0v) is 8.49. The number of piperidine rings is 1. The summed E-state index contributed by atoms with van der Waals surface area (Å²) in [6.45, 7) is 5.30. The number of β-amino-alcohol motifs (C(OH)–C–C–N with tert-alkyl or cyclic N) is 1. The fourth-order valence-corrected chi connectivity index (χ4v) is 1.77. The summed E-state index contributed by atoms with van der Waals surface area (Å²) >= 11 is 0. The largest absolute Gasteiger partial charge is 0.392 e. The molecule has 0 aromatic carbocycles.